The lowest BCUT2D eigenvalue weighted by atomic mass is 10.0. The summed E-state index contributed by atoms with van der Waals surface area (Å²) in [5.41, 5.74) is 0. The van der Waals surface area contributed by atoms with Crippen LogP contribution in [0.3, 0.4) is 0 Å². The molecule has 0 aliphatic rings. The summed E-state index contributed by atoms with van der Waals surface area (Å²) in [6.07, 6.45) is 82.0. The van der Waals surface area contributed by atoms with Gasteiger partial charge in [-0.2, -0.15) is 0 Å². The van der Waals surface area contributed by atoms with Gasteiger partial charge in [-0.25, -0.2) is 0 Å². The summed E-state index contributed by atoms with van der Waals surface area (Å²) in [7, 11) is 0. The number of carbonyl (C=O) groups is 2. The van der Waals surface area contributed by atoms with Gasteiger partial charge in [0.2, 0.25) is 5.91 Å². The molecule has 0 saturated carbocycles. The first kappa shape index (κ1) is 73.1. The lowest BCUT2D eigenvalue weighted by molar-refractivity contribution is -0.143. The molecule has 0 aromatic rings. The summed E-state index contributed by atoms with van der Waals surface area (Å²) in [5.74, 6) is -0.0667. The Kier molecular flexibility index (Phi) is 63.0. The zero-order valence-corrected chi connectivity index (χ0v) is 50.5. The Labute approximate surface area is 468 Å². The predicted octanol–water partition coefficient (Wildman–Crippen LogP) is 21.5. The number of hydrogen-bond donors (Lipinski definition) is 3. The van der Waals surface area contributed by atoms with Crippen molar-refractivity contribution >= 4 is 11.9 Å². The van der Waals surface area contributed by atoms with Crippen LogP contribution in [0.5, 0.6) is 0 Å². The van der Waals surface area contributed by atoms with Crippen molar-refractivity contribution in [1.82, 2.24) is 5.32 Å². The van der Waals surface area contributed by atoms with Crippen LogP contribution >= 0.6 is 0 Å². The molecule has 0 radical (unpaired) electrons. The van der Waals surface area contributed by atoms with E-state index in [2.05, 4.69) is 43.5 Å². The van der Waals surface area contributed by atoms with Gasteiger partial charge in [-0.05, 0) is 64.2 Å². The van der Waals surface area contributed by atoms with Crippen LogP contribution in [0.1, 0.15) is 367 Å². The SMILES string of the molecule is CCCCCCCCCCCCCCCCCCCCCC/C=C/C(O)C(CO)NC(=O)CCCCCCCCC/C=C\C/C=C\CCCCCCCCCCCOC(=O)CCCCCCCCCCCCCCC. The summed E-state index contributed by atoms with van der Waals surface area (Å²) in [4.78, 5) is 24.6. The number of aliphatic hydroxyl groups is 2. The van der Waals surface area contributed by atoms with Crippen molar-refractivity contribution in [3.8, 4) is 0 Å². The monoisotopic (exact) mass is 1050 g/mol. The average Bonchev–Trinajstić information content (AvgIpc) is 3.41. The van der Waals surface area contributed by atoms with Gasteiger partial charge in [0.25, 0.3) is 0 Å². The highest BCUT2D eigenvalue weighted by Gasteiger charge is 2.18. The molecule has 0 rings (SSSR count). The number of ether oxygens (including phenoxy) is 1. The Morgan fingerprint density at radius 2 is 0.667 bits per heavy atom. The van der Waals surface area contributed by atoms with Crippen molar-refractivity contribution in [2.75, 3.05) is 13.2 Å². The number of unbranched alkanes of at least 4 members (excludes halogenated alkanes) is 48. The normalized spacial score (nSPS) is 12.7. The lowest BCUT2D eigenvalue weighted by Crippen LogP contribution is -2.45. The molecule has 6 nitrogen and oxygen atoms in total. The van der Waals surface area contributed by atoms with Gasteiger partial charge in [0.15, 0.2) is 0 Å². The van der Waals surface area contributed by atoms with Crippen LogP contribution in [0.15, 0.2) is 36.5 Å². The van der Waals surface area contributed by atoms with Crippen LogP contribution in [-0.4, -0.2) is 47.4 Å². The zero-order chi connectivity index (χ0) is 54.3. The third kappa shape index (κ3) is 61.2. The molecule has 2 unspecified atom stereocenters. The van der Waals surface area contributed by atoms with Gasteiger partial charge in [0, 0.05) is 12.8 Å². The molecule has 0 heterocycles. The molecule has 0 aliphatic heterocycles. The standard InChI is InChI=1S/C69H131NO5/c1-3-5-7-9-11-13-15-17-18-19-20-21-25-28-31-34-38-41-45-49-53-57-61-67(72)66(65-71)70-68(73)62-58-54-50-46-42-39-35-32-29-26-23-22-24-27-30-33-36-40-44-48-52-56-60-64-75-69(74)63-59-55-51-47-43-37-16-14-12-10-8-6-4-2/h22,24,26,29,57,61,66-67,71-72H,3-21,23,25,27-28,30-56,58-60,62-65H2,1-2H3,(H,70,73)/b24-22-,29-26-,61-57+. The summed E-state index contributed by atoms with van der Waals surface area (Å²) in [5, 5.41) is 23.2. The minimum absolute atomic E-state index is 0.00842. The molecule has 0 aromatic heterocycles. The Balaban J connectivity index is 3.48. The molecular weight excluding hydrogens is 923 g/mol. The molecule has 6 heteroatoms. The van der Waals surface area contributed by atoms with Crippen LogP contribution in [-0.2, 0) is 14.3 Å². The number of esters is 1. The predicted molar refractivity (Wildman–Crippen MR) is 329 cm³/mol. The van der Waals surface area contributed by atoms with Crippen molar-refractivity contribution in [2.24, 2.45) is 0 Å². The molecule has 0 fully saturated rings. The summed E-state index contributed by atoms with van der Waals surface area (Å²) < 4.78 is 5.48. The highest BCUT2D eigenvalue weighted by atomic mass is 16.5. The Bertz CT molecular complexity index is 1210. The summed E-state index contributed by atoms with van der Waals surface area (Å²) in [6, 6.07) is -0.637. The Morgan fingerprint density at radius 3 is 1.01 bits per heavy atom. The van der Waals surface area contributed by atoms with Crippen molar-refractivity contribution in [2.45, 2.75) is 379 Å². The minimum atomic E-state index is -0.852. The quantitative estimate of drug-likeness (QED) is 0.0320. The maximum absolute atomic E-state index is 12.5. The number of nitrogens with one attached hydrogen (secondary N) is 1. The average molecular weight is 1050 g/mol. The van der Waals surface area contributed by atoms with E-state index in [0.29, 0.717) is 19.4 Å². The van der Waals surface area contributed by atoms with Crippen LogP contribution in [0.2, 0.25) is 0 Å². The lowest BCUT2D eigenvalue weighted by Gasteiger charge is -2.20. The van der Waals surface area contributed by atoms with Gasteiger partial charge in [0.1, 0.15) is 0 Å². The van der Waals surface area contributed by atoms with Gasteiger partial charge in [0.05, 0.1) is 25.4 Å². The van der Waals surface area contributed by atoms with E-state index in [0.717, 1.165) is 57.8 Å². The zero-order valence-electron chi connectivity index (χ0n) is 50.5. The second kappa shape index (κ2) is 64.6. The van der Waals surface area contributed by atoms with Crippen molar-refractivity contribution < 1.29 is 24.5 Å². The Morgan fingerprint density at radius 1 is 0.373 bits per heavy atom. The van der Waals surface area contributed by atoms with Gasteiger partial charge >= 0.3 is 5.97 Å². The molecule has 1 amide bonds. The second-order valence-corrected chi connectivity index (χ2v) is 23.2. The van der Waals surface area contributed by atoms with Crippen LogP contribution in [0.4, 0.5) is 0 Å². The fourth-order valence-electron chi connectivity index (χ4n) is 10.5. The second-order valence-electron chi connectivity index (χ2n) is 23.2. The first-order valence-electron chi connectivity index (χ1n) is 33.8. The number of carbonyl (C=O) groups excluding carboxylic acids is 2. The molecule has 3 N–H and O–H groups in total. The van der Waals surface area contributed by atoms with Gasteiger partial charge in [-0.15, -0.1) is 0 Å². The fraction of sp³-hybridized carbons (Fsp3) is 0.884. The maximum Gasteiger partial charge on any atom is 0.305 e. The smallest absolute Gasteiger partial charge is 0.305 e. The van der Waals surface area contributed by atoms with E-state index in [9.17, 15) is 19.8 Å². The summed E-state index contributed by atoms with van der Waals surface area (Å²) >= 11 is 0. The van der Waals surface area contributed by atoms with Gasteiger partial charge in [-0.1, -0.05) is 326 Å². The van der Waals surface area contributed by atoms with Crippen molar-refractivity contribution in [3.05, 3.63) is 36.5 Å². The van der Waals surface area contributed by atoms with Gasteiger partial charge in [-0.3, -0.25) is 9.59 Å². The van der Waals surface area contributed by atoms with Gasteiger partial charge < -0.3 is 20.3 Å². The van der Waals surface area contributed by atoms with E-state index in [1.807, 2.05) is 6.08 Å². The highest BCUT2D eigenvalue weighted by molar-refractivity contribution is 5.76. The summed E-state index contributed by atoms with van der Waals surface area (Å²) in [6.45, 7) is 4.92. The maximum atomic E-state index is 12.5. The first-order chi connectivity index (χ1) is 37.0. The van der Waals surface area contributed by atoms with Crippen molar-refractivity contribution in [3.63, 3.8) is 0 Å². The highest BCUT2D eigenvalue weighted by Crippen LogP contribution is 2.18. The number of hydrogen-bond acceptors (Lipinski definition) is 5. The molecule has 442 valence electrons. The van der Waals surface area contributed by atoms with E-state index in [1.165, 1.54) is 283 Å². The largest absolute Gasteiger partial charge is 0.466 e. The number of rotatable bonds is 63. The van der Waals surface area contributed by atoms with Crippen molar-refractivity contribution in [1.29, 1.82) is 0 Å². The molecule has 0 bridgehead atoms. The molecule has 0 saturated heterocycles. The topological polar surface area (TPSA) is 95.9 Å². The van der Waals surface area contributed by atoms with E-state index in [1.54, 1.807) is 6.08 Å². The number of amides is 1. The first-order valence-corrected chi connectivity index (χ1v) is 33.8. The molecule has 0 aliphatic carbocycles. The van der Waals surface area contributed by atoms with E-state index in [-0.39, 0.29) is 18.5 Å². The third-order valence-corrected chi connectivity index (χ3v) is 15.7. The van der Waals surface area contributed by atoms with E-state index in [4.69, 9.17) is 4.74 Å². The fourth-order valence-corrected chi connectivity index (χ4v) is 10.5. The van der Waals surface area contributed by atoms with Crippen LogP contribution < -0.4 is 5.32 Å². The third-order valence-electron chi connectivity index (χ3n) is 15.7. The van der Waals surface area contributed by atoms with E-state index < -0.39 is 12.1 Å². The molecule has 0 spiro atoms. The Hall–Kier alpha value is -1.92. The van der Waals surface area contributed by atoms with Crippen LogP contribution in [0.25, 0.3) is 0 Å². The minimum Gasteiger partial charge on any atom is -0.466 e. The molecule has 75 heavy (non-hydrogen) atoms. The van der Waals surface area contributed by atoms with Crippen LogP contribution in [0, 0.1) is 0 Å². The molecule has 2 atom stereocenters. The number of aliphatic hydroxyl groups excluding tert-OH is 2. The van der Waals surface area contributed by atoms with E-state index >= 15 is 0 Å². The molecular formula is C69H131NO5. The molecule has 0 aromatic carbocycles. The number of allylic oxidation sites excluding steroid dienone is 5.